The van der Waals surface area contributed by atoms with E-state index < -0.39 is 10.0 Å². The second-order valence-corrected chi connectivity index (χ2v) is 9.64. The van der Waals surface area contributed by atoms with E-state index in [1.807, 2.05) is 0 Å². The molecular weight excluding hydrogens is 503 g/mol. The van der Waals surface area contributed by atoms with Crippen molar-refractivity contribution in [1.82, 2.24) is 14.9 Å². The standard InChI is InChI=1S/C20H32N4O3S.HI/c1-16-6-8-17(9-7-16)19-18(5-3-13-27-19)15-23-20(21-2)22-10-12-24-11-4-14-28(24,25)26;/h6-9,18-19H,3-5,10-15H2,1-2H3,(H2,21,22,23);1H. The fourth-order valence-corrected chi connectivity index (χ4v) is 5.40. The highest BCUT2D eigenvalue weighted by Crippen LogP contribution is 2.33. The first kappa shape index (κ1) is 24.4. The second-order valence-electron chi connectivity index (χ2n) is 7.55. The third kappa shape index (κ3) is 6.80. The van der Waals surface area contributed by atoms with Gasteiger partial charge in [-0.1, -0.05) is 29.8 Å². The van der Waals surface area contributed by atoms with Crippen molar-refractivity contribution in [2.45, 2.75) is 32.3 Å². The normalized spacial score (nSPS) is 24.7. The van der Waals surface area contributed by atoms with Gasteiger partial charge in [0.1, 0.15) is 0 Å². The maximum absolute atomic E-state index is 11.9. The van der Waals surface area contributed by atoms with Crippen LogP contribution in [0.4, 0.5) is 0 Å². The number of nitrogens with one attached hydrogen (secondary N) is 2. The smallest absolute Gasteiger partial charge is 0.214 e. The maximum atomic E-state index is 11.9. The average molecular weight is 536 g/mol. The lowest BCUT2D eigenvalue weighted by Gasteiger charge is -2.32. The van der Waals surface area contributed by atoms with E-state index in [0.717, 1.165) is 32.4 Å². The monoisotopic (exact) mass is 536 g/mol. The summed E-state index contributed by atoms with van der Waals surface area (Å²) in [6.07, 6.45) is 2.98. The summed E-state index contributed by atoms with van der Waals surface area (Å²) in [6.45, 7) is 5.29. The number of guanidine groups is 1. The Balaban J connectivity index is 0.00000300. The SMILES string of the molecule is CN=C(NCCN1CCCS1(=O)=O)NCC1CCCOC1c1ccc(C)cc1.I. The highest BCUT2D eigenvalue weighted by Gasteiger charge is 2.28. The Hall–Kier alpha value is -0.910. The summed E-state index contributed by atoms with van der Waals surface area (Å²) in [5, 5.41) is 6.61. The van der Waals surface area contributed by atoms with Crippen molar-refractivity contribution in [3.63, 3.8) is 0 Å². The van der Waals surface area contributed by atoms with E-state index in [4.69, 9.17) is 4.74 Å². The Labute approximate surface area is 191 Å². The molecule has 2 aliphatic heterocycles. The Bertz CT molecular complexity index is 770. The molecule has 2 aliphatic rings. The highest BCUT2D eigenvalue weighted by atomic mass is 127. The van der Waals surface area contributed by atoms with Gasteiger partial charge in [-0.3, -0.25) is 4.99 Å². The number of rotatable bonds is 6. The molecule has 0 radical (unpaired) electrons. The van der Waals surface area contributed by atoms with E-state index in [1.54, 1.807) is 11.4 Å². The minimum atomic E-state index is -3.05. The van der Waals surface area contributed by atoms with Crippen LogP contribution in [0.15, 0.2) is 29.3 Å². The predicted octanol–water partition coefficient (Wildman–Crippen LogP) is 2.28. The molecule has 0 amide bonds. The first-order valence-corrected chi connectivity index (χ1v) is 11.7. The quantitative estimate of drug-likeness (QED) is 0.331. The summed E-state index contributed by atoms with van der Waals surface area (Å²) >= 11 is 0. The summed E-state index contributed by atoms with van der Waals surface area (Å²) in [5.41, 5.74) is 2.47. The van der Waals surface area contributed by atoms with Crippen LogP contribution in [0.25, 0.3) is 0 Å². The number of hydrogen-bond donors (Lipinski definition) is 2. The van der Waals surface area contributed by atoms with Crippen molar-refractivity contribution in [3.05, 3.63) is 35.4 Å². The first-order valence-electron chi connectivity index (χ1n) is 10.1. The summed E-state index contributed by atoms with van der Waals surface area (Å²) in [4.78, 5) is 4.27. The number of aryl methyl sites for hydroxylation is 1. The number of benzene rings is 1. The van der Waals surface area contributed by atoms with Crippen LogP contribution in [0.1, 0.15) is 36.5 Å². The second kappa shape index (κ2) is 11.5. The molecule has 3 rings (SSSR count). The Morgan fingerprint density at radius 3 is 2.66 bits per heavy atom. The molecule has 0 saturated carbocycles. The van der Waals surface area contributed by atoms with Gasteiger partial charge in [0.25, 0.3) is 0 Å². The van der Waals surface area contributed by atoms with Gasteiger partial charge < -0.3 is 15.4 Å². The van der Waals surface area contributed by atoms with Gasteiger partial charge in [0, 0.05) is 45.8 Å². The van der Waals surface area contributed by atoms with Crippen LogP contribution in [0.5, 0.6) is 0 Å². The van der Waals surface area contributed by atoms with E-state index in [0.29, 0.717) is 31.5 Å². The van der Waals surface area contributed by atoms with Crippen LogP contribution in [0.2, 0.25) is 0 Å². The molecule has 1 aromatic rings. The Morgan fingerprint density at radius 2 is 2.00 bits per heavy atom. The van der Waals surface area contributed by atoms with Crippen LogP contribution in [-0.4, -0.2) is 64.3 Å². The molecule has 2 fully saturated rings. The number of sulfonamides is 1. The van der Waals surface area contributed by atoms with Gasteiger partial charge in [0.2, 0.25) is 10.0 Å². The zero-order chi connectivity index (χ0) is 20.0. The van der Waals surface area contributed by atoms with Gasteiger partial charge in [-0.25, -0.2) is 12.7 Å². The van der Waals surface area contributed by atoms with Gasteiger partial charge >= 0.3 is 0 Å². The molecule has 1 aromatic carbocycles. The lowest BCUT2D eigenvalue weighted by atomic mass is 9.89. The summed E-state index contributed by atoms with van der Waals surface area (Å²) in [5.74, 6) is 1.33. The zero-order valence-corrected chi connectivity index (χ0v) is 20.4. The van der Waals surface area contributed by atoms with Gasteiger partial charge in [0.05, 0.1) is 11.9 Å². The topological polar surface area (TPSA) is 83.0 Å². The van der Waals surface area contributed by atoms with Crippen LogP contribution in [0.3, 0.4) is 0 Å². The van der Waals surface area contributed by atoms with Gasteiger partial charge in [-0.15, -0.1) is 24.0 Å². The van der Waals surface area contributed by atoms with E-state index in [-0.39, 0.29) is 35.8 Å². The summed E-state index contributed by atoms with van der Waals surface area (Å²) in [6, 6.07) is 8.57. The van der Waals surface area contributed by atoms with Crippen molar-refractivity contribution in [1.29, 1.82) is 0 Å². The molecule has 0 aromatic heterocycles. The first-order chi connectivity index (χ1) is 13.5. The number of hydrogen-bond acceptors (Lipinski definition) is 4. The van der Waals surface area contributed by atoms with Gasteiger partial charge in [-0.05, 0) is 31.7 Å². The number of halogens is 1. The van der Waals surface area contributed by atoms with Crippen LogP contribution in [0, 0.1) is 12.8 Å². The third-order valence-corrected chi connectivity index (χ3v) is 7.42. The molecule has 0 spiro atoms. The lowest BCUT2D eigenvalue weighted by molar-refractivity contribution is -0.0265. The molecule has 2 atom stereocenters. The van der Waals surface area contributed by atoms with Gasteiger partial charge in [0.15, 0.2) is 5.96 Å². The zero-order valence-electron chi connectivity index (χ0n) is 17.3. The molecule has 29 heavy (non-hydrogen) atoms. The number of ether oxygens (including phenoxy) is 1. The van der Waals surface area contributed by atoms with Crippen molar-refractivity contribution in [2.75, 3.05) is 45.6 Å². The highest BCUT2D eigenvalue weighted by molar-refractivity contribution is 14.0. The summed E-state index contributed by atoms with van der Waals surface area (Å²) in [7, 11) is -1.31. The summed E-state index contributed by atoms with van der Waals surface area (Å²) < 4.78 is 31.4. The minimum Gasteiger partial charge on any atom is -0.373 e. The van der Waals surface area contributed by atoms with Crippen LogP contribution in [-0.2, 0) is 14.8 Å². The molecule has 7 nitrogen and oxygen atoms in total. The predicted molar refractivity (Wildman–Crippen MR) is 127 cm³/mol. The molecule has 164 valence electrons. The van der Waals surface area contributed by atoms with Crippen molar-refractivity contribution < 1.29 is 13.2 Å². The molecule has 0 aliphatic carbocycles. The molecule has 2 saturated heterocycles. The van der Waals surface area contributed by atoms with Crippen molar-refractivity contribution in [3.8, 4) is 0 Å². The van der Waals surface area contributed by atoms with Crippen LogP contribution < -0.4 is 10.6 Å². The van der Waals surface area contributed by atoms with Crippen molar-refractivity contribution in [2.24, 2.45) is 10.9 Å². The van der Waals surface area contributed by atoms with Crippen molar-refractivity contribution >= 4 is 40.0 Å². The molecule has 9 heteroatoms. The molecule has 2 unspecified atom stereocenters. The molecule has 2 heterocycles. The molecular formula is C20H33IN4O3S. The van der Waals surface area contributed by atoms with Gasteiger partial charge in [-0.2, -0.15) is 0 Å². The van der Waals surface area contributed by atoms with Crippen LogP contribution >= 0.6 is 24.0 Å². The third-order valence-electron chi connectivity index (χ3n) is 5.46. The lowest BCUT2D eigenvalue weighted by Crippen LogP contribution is -2.44. The van der Waals surface area contributed by atoms with E-state index in [9.17, 15) is 8.42 Å². The molecule has 2 N–H and O–H groups in total. The van der Waals surface area contributed by atoms with E-state index in [2.05, 4.69) is 46.8 Å². The maximum Gasteiger partial charge on any atom is 0.214 e. The Morgan fingerprint density at radius 1 is 1.24 bits per heavy atom. The minimum absolute atomic E-state index is 0. The van der Waals surface area contributed by atoms with E-state index >= 15 is 0 Å². The average Bonchev–Trinajstić information content (AvgIpc) is 3.03. The fraction of sp³-hybridized carbons (Fsp3) is 0.650. The fourth-order valence-electron chi connectivity index (χ4n) is 3.87. The Kier molecular flexibility index (Phi) is 9.64. The number of aliphatic imine (C=N–C) groups is 1. The van der Waals surface area contributed by atoms with E-state index in [1.165, 1.54) is 11.1 Å². The number of nitrogens with zero attached hydrogens (tertiary/aromatic N) is 2. The molecule has 0 bridgehead atoms. The largest absolute Gasteiger partial charge is 0.373 e.